The molecule has 3 nitrogen and oxygen atoms in total. The Balaban J connectivity index is 1.51. The molecule has 1 atom stereocenters. The first-order valence-electron chi connectivity index (χ1n) is 9.43. The molecule has 3 rings (SSSR count). The van der Waals surface area contributed by atoms with Crippen molar-refractivity contribution in [1.82, 2.24) is 9.80 Å². The molecule has 128 valence electrons. The fourth-order valence-electron chi connectivity index (χ4n) is 4.05. The monoisotopic (exact) mass is 316 g/mol. The highest BCUT2D eigenvalue weighted by Gasteiger charge is 2.27. The molecule has 0 bridgehead atoms. The fraction of sp³-hybridized carbons (Fsp3) is 0.700. The van der Waals surface area contributed by atoms with E-state index in [1.54, 1.807) is 0 Å². The Labute approximate surface area is 141 Å². The van der Waals surface area contributed by atoms with E-state index in [4.69, 9.17) is 4.74 Å². The molecular weight excluding hydrogens is 284 g/mol. The summed E-state index contributed by atoms with van der Waals surface area (Å²) in [7, 11) is 0. The highest BCUT2D eigenvalue weighted by atomic mass is 16.5. The molecule has 0 saturated carbocycles. The van der Waals surface area contributed by atoms with E-state index in [0.29, 0.717) is 0 Å². The van der Waals surface area contributed by atoms with Crippen molar-refractivity contribution >= 4 is 0 Å². The second-order valence-corrected chi connectivity index (χ2v) is 7.16. The number of likely N-dealkylation sites (tertiary alicyclic amines) is 1. The highest BCUT2D eigenvalue weighted by Crippen LogP contribution is 2.22. The Morgan fingerprint density at radius 2 is 1.87 bits per heavy atom. The van der Waals surface area contributed by atoms with E-state index in [1.165, 1.54) is 57.4 Å². The first kappa shape index (κ1) is 16.9. The van der Waals surface area contributed by atoms with E-state index < -0.39 is 0 Å². The van der Waals surface area contributed by atoms with Gasteiger partial charge in [-0.3, -0.25) is 4.90 Å². The maximum Gasteiger partial charge on any atom is 0.0469 e. The summed E-state index contributed by atoms with van der Waals surface area (Å²) in [6.07, 6.45) is 5.20. The van der Waals surface area contributed by atoms with E-state index in [0.717, 1.165) is 31.7 Å². The van der Waals surface area contributed by atoms with Crippen LogP contribution in [0.3, 0.4) is 0 Å². The standard InChI is InChI=1S/C20H32N2O/c1-2-21(15-19-10-13-23-14-11-19)17-20-9-6-12-22(20)16-18-7-4-3-5-8-18/h3-5,7-8,19-20H,2,6,9-17H2,1H3/t20-/m1/s1. The average molecular weight is 316 g/mol. The van der Waals surface area contributed by atoms with Crippen LogP contribution in [0.4, 0.5) is 0 Å². The van der Waals surface area contributed by atoms with Crippen molar-refractivity contribution in [1.29, 1.82) is 0 Å². The molecule has 0 N–H and O–H groups in total. The summed E-state index contributed by atoms with van der Waals surface area (Å²) in [6.45, 7) is 10.3. The average Bonchev–Trinajstić information content (AvgIpc) is 3.03. The number of likely N-dealkylation sites (N-methyl/N-ethyl adjacent to an activating group) is 1. The molecule has 1 aromatic carbocycles. The third kappa shape index (κ3) is 5.03. The van der Waals surface area contributed by atoms with Crippen LogP contribution >= 0.6 is 0 Å². The lowest BCUT2D eigenvalue weighted by molar-refractivity contribution is 0.0491. The number of ether oxygens (including phenoxy) is 1. The summed E-state index contributed by atoms with van der Waals surface area (Å²) < 4.78 is 5.51. The SMILES string of the molecule is CCN(CC1CCOCC1)C[C@H]1CCCN1Cc1ccccc1. The zero-order valence-corrected chi connectivity index (χ0v) is 14.6. The van der Waals surface area contributed by atoms with E-state index in [-0.39, 0.29) is 0 Å². The van der Waals surface area contributed by atoms with Gasteiger partial charge in [-0.1, -0.05) is 37.3 Å². The van der Waals surface area contributed by atoms with Crippen LogP contribution in [0.1, 0.15) is 38.2 Å². The molecule has 23 heavy (non-hydrogen) atoms. The molecule has 0 spiro atoms. The van der Waals surface area contributed by atoms with Crippen molar-refractivity contribution in [3.8, 4) is 0 Å². The molecule has 1 aromatic rings. The van der Waals surface area contributed by atoms with Gasteiger partial charge in [-0.25, -0.2) is 0 Å². The molecule has 2 fully saturated rings. The van der Waals surface area contributed by atoms with Gasteiger partial charge in [-0.2, -0.15) is 0 Å². The van der Waals surface area contributed by atoms with E-state index >= 15 is 0 Å². The Morgan fingerprint density at radius 1 is 1.09 bits per heavy atom. The van der Waals surface area contributed by atoms with E-state index in [2.05, 4.69) is 47.1 Å². The van der Waals surface area contributed by atoms with Crippen LogP contribution in [-0.2, 0) is 11.3 Å². The molecule has 0 radical (unpaired) electrons. The van der Waals surface area contributed by atoms with Gasteiger partial charge < -0.3 is 9.64 Å². The van der Waals surface area contributed by atoms with Crippen LogP contribution in [0, 0.1) is 5.92 Å². The van der Waals surface area contributed by atoms with Gasteiger partial charge in [0.15, 0.2) is 0 Å². The normalized spacial score (nSPS) is 23.7. The molecule has 2 saturated heterocycles. The lowest BCUT2D eigenvalue weighted by Gasteiger charge is -2.33. The molecule has 2 heterocycles. The molecule has 0 aromatic heterocycles. The zero-order chi connectivity index (χ0) is 15.9. The van der Waals surface area contributed by atoms with Gasteiger partial charge in [0.2, 0.25) is 0 Å². The molecule has 0 unspecified atom stereocenters. The van der Waals surface area contributed by atoms with Crippen molar-refractivity contribution in [3.05, 3.63) is 35.9 Å². The maximum absolute atomic E-state index is 5.51. The van der Waals surface area contributed by atoms with Crippen molar-refractivity contribution in [2.75, 3.05) is 39.4 Å². The summed E-state index contributed by atoms with van der Waals surface area (Å²) in [5.74, 6) is 0.840. The largest absolute Gasteiger partial charge is 0.381 e. The Kier molecular flexibility index (Phi) is 6.49. The molecule has 0 amide bonds. The van der Waals surface area contributed by atoms with Gasteiger partial charge in [-0.15, -0.1) is 0 Å². The second kappa shape index (κ2) is 8.81. The van der Waals surface area contributed by atoms with Crippen LogP contribution in [0.25, 0.3) is 0 Å². The molecule has 2 aliphatic heterocycles. The van der Waals surface area contributed by atoms with E-state index in [9.17, 15) is 0 Å². The highest BCUT2D eigenvalue weighted by molar-refractivity contribution is 5.14. The Morgan fingerprint density at radius 3 is 2.61 bits per heavy atom. The Bertz CT molecular complexity index is 444. The van der Waals surface area contributed by atoms with Gasteiger partial charge >= 0.3 is 0 Å². The van der Waals surface area contributed by atoms with Crippen molar-refractivity contribution in [2.45, 2.75) is 45.2 Å². The number of hydrogen-bond donors (Lipinski definition) is 0. The van der Waals surface area contributed by atoms with E-state index in [1.807, 2.05) is 0 Å². The predicted octanol–water partition coefficient (Wildman–Crippen LogP) is 3.40. The van der Waals surface area contributed by atoms with Crippen LogP contribution in [-0.4, -0.2) is 55.2 Å². The summed E-state index contributed by atoms with van der Waals surface area (Å²) >= 11 is 0. The molecular formula is C20H32N2O. The second-order valence-electron chi connectivity index (χ2n) is 7.16. The molecule has 2 aliphatic rings. The van der Waals surface area contributed by atoms with Crippen LogP contribution in [0.15, 0.2) is 30.3 Å². The number of nitrogens with zero attached hydrogens (tertiary/aromatic N) is 2. The fourth-order valence-corrected chi connectivity index (χ4v) is 4.05. The third-order valence-electron chi connectivity index (χ3n) is 5.50. The lowest BCUT2D eigenvalue weighted by atomic mass is 9.99. The van der Waals surface area contributed by atoms with Gasteiger partial charge in [-0.05, 0) is 50.3 Å². The van der Waals surface area contributed by atoms with Gasteiger partial charge in [0, 0.05) is 38.9 Å². The summed E-state index contributed by atoms with van der Waals surface area (Å²) in [5, 5.41) is 0. The van der Waals surface area contributed by atoms with Crippen molar-refractivity contribution < 1.29 is 4.74 Å². The predicted molar refractivity (Wildman–Crippen MR) is 95.5 cm³/mol. The van der Waals surface area contributed by atoms with Crippen LogP contribution in [0.2, 0.25) is 0 Å². The first-order chi connectivity index (χ1) is 11.3. The van der Waals surface area contributed by atoms with Crippen LogP contribution in [0.5, 0.6) is 0 Å². The summed E-state index contributed by atoms with van der Waals surface area (Å²) in [5.41, 5.74) is 1.45. The number of rotatable bonds is 7. The van der Waals surface area contributed by atoms with Gasteiger partial charge in [0.1, 0.15) is 0 Å². The number of benzene rings is 1. The Hall–Kier alpha value is -0.900. The minimum Gasteiger partial charge on any atom is -0.381 e. The first-order valence-corrected chi connectivity index (χ1v) is 9.43. The number of hydrogen-bond acceptors (Lipinski definition) is 3. The topological polar surface area (TPSA) is 15.7 Å². The lowest BCUT2D eigenvalue weighted by Crippen LogP contribution is -2.42. The smallest absolute Gasteiger partial charge is 0.0469 e. The molecule has 3 heteroatoms. The quantitative estimate of drug-likeness (QED) is 0.767. The van der Waals surface area contributed by atoms with Gasteiger partial charge in [0.25, 0.3) is 0 Å². The minimum absolute atomic E-state index is 0.731. The van der Waals surface area contributed by atoms with Crippen molar-refractivity contribution in [2.24, 2.45) is 5.92 Å². The maximum atomic E-state index is 5.51. The summed E-state index contributed by atoms with van der Waals surface area (Å²) in [6, 6.07) is 11.7. The zero-order valence-electron chi connectivity index (χ0n) is 14.6. The third-order valence-corrected chi connectivity index (χ3v) is 5.50. The molecule has 0 aliphatic carbocycles. The van der Waals surface area contributed by atoms with Crippen LogP contribution < -0.4 is 0 Å². The summed E-state index contributed by atoms with van der Waals surface area (Å²) in [4.78, 5) is 5.38. The minimum atomic E-state index is 0.731. The van der Waals surface area contributed by atoms with Crippen molar-refractivity contribution in [3.63, 3.8) is 0 Å². The van der Waals surface area contributed by atoms with Gasteiger partial charge in [0.05, 0.1) is 0 Å².